The topological polar surface area (TPSA) is 58.2 Å². The van der Waals surface area contributed by atoms with Crippen LogP contribution in [0.5, 0.6) is 0 Å². The molecular formula is C32H41N3O2. The monoisotopic (exact) mass is 499 g/mol. The van der Waals surface area contributed by atoms with Crippen molar-refractivity contribution in [1.82, 2.24) is 14.9 Å². The van der Waals surface area contributed by atoms with E-state index >= 15 is 0 Å². The third-order valence-corrected chi connectivity index (χ3v) is 8.38. The highest BCUT2D eigenvalue weighted by Gasteiger charge is 2.50. The van der Waals surface area contributed by atoms with E-state index in [4.69, 9.17) is 9.72 Å². The highest BCUT2D eigenvalue weighted by atomic mass is 16.6. The van der Waals surface area contributed by atoms with Crippen molar-refractivity contribution >= 4 is 22.6 Å². The van der Waals surface area contributed by atoms with Gasteiger partial charge in [-0.05, 0) is 75.4 Å². The van der Waals surface area contributed by atoms with Crippen LogP contribution in [-0.4, -0.2) is 46.6 Å². The first kappa shape index (κ1) is 25.7. The second-order valence-electron chi connectivity index (χ2n) is 11.6. The highest BCUT2D eigenvalue weighted by Crippen LogP contribution is 2.53. The number of nitrogens with one attached hydrogen (secondary N) is 1. The Morgan fingerprint density at radius 1 is 1.14 bits per heavy atom. The van der Waals surface area contributed by atoms with Crippen molar-refractivity contribution in [1.29, 1.82) is 0 Å². The molecule has 1 aromatic heterocycles. The summed E-state index contributed by atoms with van der Waals surface area (Å²) in [5.74, 6) is 1.60. The molecule has 0 saturated heterocycles. The van der Waals surface area contributed by atoms with Crippen LogP contribution >= 0.6 is 0 Å². The standard InChI is InChI=1S/C32H41N3O2/c1-22(2)31(36)37-32(21-25-15-16-26(32)20-27(25)24-13-11-23(3)12-14-24)17-19-35(4)18-7-10-30-33-28-8-5-6-9-29(28)34-30/h5-6,8-9,11-14,20,22,25-26H,7,10,15-19,21H2,1-4H3,(H,33,34)/t25?,26?,32-/m0/s1. The zero-order valence-electron chi connectivity index (χ0n) is 22.8. The Kier molecular flexibility index (Phi) is 7.52. The molecule has 5 nitrogen and oxygen atoms in total. The molecular weight excluding hydrogens is 458 g/mol. The fourth-order valence-electron chi connectivity index (χ4n) is 6.15. The predicted octanol–water partition coefficient (Wildman–Crippen LogP) is 6.58. The number of imidazole rings is 1. The van der Waals surface area contributed by atoms with Gasteiger partial charge in [-0.15, -0.1) is 0 Å². The van der Waals surface area contributed by atoms with Crippen molar-refractivity contribution < 1.29 is 9.53 Å². The van der Waals surface area contributed by atoms with E-state index in [0.29, 0.717) is 5.92 Å². The predicted molar refractivity (Wildman–Crippen MR) is 150 cm³/mol. The molecule has 2 bridgehead atoms. The average Bonchev–Trinajstić information content (AvgIpc) is 3.31. The van der Waals surface area contributed by atoms with Crippen molar-refractivity contribution in [2.24, 2.45) is 17.8 Å². The summed E-state index contributed by atoms with van der Waals surface area (Å²) in [6, 6.07) is 17.1. The van der Waals surface area contributed by atoms with Gasteiger partial charge in [0.15, 0.2) is 0 Å². The van der Waals surface area contributed by atoms with Crippen LogP contribution in [0, 0.1) is 24.7 Å². The number of carbonyl (C=O) groups is 1. The van der Waals surface area contributed by atoms with Gasteiger partial charge in [0.1, 0.15) is 11.4 Å². The third-order valence-electron chi connectivity index (χ3n) is 8.38. The molecule has 196 valence electrons. The largest absolute Gasteiger partial charge is 0.458 e. The molecule has 6 rings (SSSR count). The van der Waals surface area contributed by atoms with Crippen LogP contribution in [0.3, 0.4) is 0 Å². The smallest absolute Gasteiger partial charge is 0.308 e. The van der Waals surface area contributed by atoms with Gasteiger partial charge in [0.2, 0.25) is 0 Å². The molecule has 0 spiro atoms. The average molecular weight is 500 g/mol. The SMILES string of the molecule is Cc1ccc(C2=CC3CCC2C[C@]3(CCN(C)CCCc2nc3ccccc3[nH]2)OC(=O)C(C)C)cc1. The first-order chi connectivity index (χ1) is 17.8. The van der Waals surface area contributed by atoms with Gasteiger partial charge in [-0.1, -0.05) is 61.9 Å². The number of hydrogen-bond acceptors (Lipinski definition) is 4. The van der Waals surface area contributed by atoms with Gasteiger partial charge < -0.3 is 14.6 Å². The number of benzene rings is 2. The summed E-state index contributed by atoms with van der Waals surface area (Å²) in [6.45, 7) is 7.92. The molecule has 1 saturated carbocycles. The number of hydrogen-bond donors (Lipinski definition) is 1. The molecule has 3 atom stereocenters. The lowest BCUT2D eigenvalue weighted by molar-refractivity contribution is -0.176. The molecule has 0 amide bonds. The number of para-hydroxylation sites is 2. The van der Waals surface area contributed by atoms with Gasteiger partial charge >= 0.3 is 5.97 Å². The molecule has 1 fully saturated rings. The van der Waals surface area contributed by atoms with Crippen molar-refractivity contribution in [3.8, 4) is 0 Å². The number of carbonyl (C=O) groups excluding carboxylic acids is 1. The molecule has 3 aromatic rings. The van der Waals surface area contributed by atoms with Gasteiger partial charge in [0.05, 0.1) is 17.0 Å². The number of ether oxygens (including phenoxy) is 1. The first-order valence-electron chi connectivity index (χ1n) is 14.0. The van der Waals surface area contributed by atoms with Gasteiger partial charge in [-0.2, -0.15) is 0 Å². The Hall–Kier alpha value is -2.92. The number of allylic oxidation sites excluding steroid dienone is 1. The lowest BCUT2D eigenvalue weighted by Gasteiger charge is -2.50. The number of aryl methyl sites for hydroxylation is 2. The fraction of sp³-hybridized carbons (Fsp3) is 0.500. The summed E-state index contributed by atoms with van der Waals surface area (Å²) >= 11 is 0. The van der Waals surface area contributed by atoms with Gasteiger partial charge in [-0.3, -0.25) is 4.79 Å². The summed E-state index contributed by atoms with van der Waals surface area (Å²) in [4.78, 5) is 23.4. The van der Waals surface area contributed by atoms with Crippen LogP contribution in [0.2, 0.25) is 0 Å². The fourth-order valence-corrected chi connectivity index (χ4v) is 6.15. The summed E-state index contributed by atoms with van der Waals surface area (Å²) in [5, 5.41) is 0. The highest BCUT2D eigenvalue weighted by molar-refractivity contribution is 5.75. The molecule has 2 unspecified atom stereocenters. The second-order valence-corrected chi connectivity index (χ2v) is 11.6. The number of aromatic nitrogens is 2. The van der Waals surface area contributed by atoms with Crippen molar-refractivity contribution in [2.45, 2.75) is 64.9 Å². The van der Waals surface area contributed by atoms with E-state index in [9.17, 15) is 4.79 Å². The van der Waals surface area contributed by atoms with Crippen LogP contribution in [0.15, 0.2) is 54.6 Å². The van der Waals surface area contributed by atoms with Gasteiger partial charge in [-0.25, -0.2) is 4.98 Å². The molecule has 1 heterocycles. The maximum atomic E-state index is 12.9. The van der Waals surface area contributed by atoms with E-state index in [1.165, 1.54) is 23.1 Å². The van der Waals surface area contributed by atoms with E-state index in [0.717, 1.165) is 62.1 Å². The number of aromatic amines is 1. The maximum absolute atomic E-state index is 12.9. The number of H-pyrrole nitrogens is 1. The van der Waals surface area contributed by atoms with Crippen molar-refractivity contribution in [3.63, 3.8) is 0 Å². The minimum absolute atomic E-state index is 0.0645. The van der Waals surface area contributed by atoms with Crippen LogP contribution < -0.4 is 0 Å². The Morgan fingerprint density at radius 2 is 1.92 bits per heavy atom. The summed E-state index contributed by atoms with van der Waals surface area (Å²) in [7, 11) is 2.19. The molecule has 3 aliphatic carbocycles. The van der Waals surface area contributed by atoms with Crippen molar-refractivity contribution in [3.05, 3.63) is 71.6 Å². The molecule has 1 N–H and O–H groups in total. The van der Waals surface area contributed by atoms with Crippen LogP contribution in [0.25, 0.3) is 16.6 Å². The molecule has 37 heavy (non-hydrogen) atoms. The van der Waals surface area contributed by atoms with Crippen LogP contribution in [0.1, 0.15) is 62.9 Å². The molecule has 3 aliphatic rings. The third kappa shape index (κ3) is 5.67. The molecule has 0 radical (unpaired) electrons. The minimum atomic E-state index is -0.397. The lowest BCUT2D eigenvalue weighted by atomic mass is 9.60. The zero-order valence-corrected chi connectivity index (χ0v) is 22.8. The van der Waals surface area contributed by atoms with E-state index in [1.807, 2.05) is 26.0 Å². The van der Waals surface area contributed by atoms with Gasteiger partial charge in [0.25, 0.3) is 0 Å². The Morgan fingerprint density at radius 3 is 2.62 bits per heavy atom. The maximum Gasteiger partial charge on any atom is 0.308 e. The number of rotatable bonds is 10. The summed E-state index contributed by atoms with van der Waals surface area (Å²) in [6.07, 6.45) is 8.50. The quantitative estimate of drug-likeness (QED) is 0.320. The normalized spacial score (nSPS) is 23.1. The van der Waals surface area contributed by atoms with E-state index < -0.39 is 5.60 Å². The number of fused-ring (bicyclic) bond motifs is 3. The lowest BCUT2D eigenvalue weighted by Crippen LogP contribution is -2.51. The minimum Gasteiger partial charge on any atom is -0.458 e. The van der Waals surface area contributed by atoms with E-state index in [2.05, 4.69) is 66.3 Å². The van der Waals surface area contributed by atoms with E-state index in [-0.39, 0.29) is 17.8 Å². The van der Waals surface area contributed by atoms with E-state index in [1.54, 1.807) is 0 Å². The Labute approximate surface area is 221 Å². The number of esters is 1. The zero-order chi connectivity index (χ0) is 26.0. The first-order valence-corrected chi connectivity index (χ1v) is 14.0. The van der Waals surface area contributed by atoms with Crippen LogP contribution in [-0.2, 0) is 16.0 Å². The second kappa shape index (κ2) is 10.8. The van der Waals surface area contributed by atoms with Crippen LogP contribution in [0.4, 0.5) is 0 Å². The summed E-state index contributed by atoms with van der Waals surface area (Å²) in [5.41, 5.74) is 5.80. The Bertz CT molecular complexity index is 1230. The van der Waals surface area contributed by atoms with Gasteiger partial charge in [0, 0.05) is 25.3 Å². The van der Waals surface area contributed by atoms with Crippen molar-refractivity contribution in [2.75, 3.05) is 20.1 Å². The molecule has 2 aromatic carbocycles. The molecule has 0 aliphatic heterocycles. The summed E-state index contributed by atoms with van der Waals surface area (Å²) < 4.78 is 6.41. The Balaban J connectivity index is 1.24. The molecule has 5 heteroatoms. The number of nitrogens with zero attached hydrogens (tertiary/aromatic N) is 2.